The molecule has 3 saturated heterocycles. The van der Waals surface area contributed by atoms with Gasteiger partial charge in [0.25, 0.3) is 30.0 Å². The highest BCUT2D eigenvalue weighted by molar-refractivity contribution is 7.90. The van der Waals surface area contributed by atoms with Gasteiger partial charge in [0, 0.05) is 39.3 Å². The van der Waals surface area contributed by atoms with Gasteiger partial charge in [-0.1, -0.05) is 32.2 Å². The molecule has 0 unspecified atom stereocenters. The molecule has 0 saturated carbocycles. The number of hydrogen-bond donors (Lipinski definition) is 0. The Morgan fingerprint density at radius 2 is 0.625 bits per heavy atom. The standard InChI is InChI=1S/C15H30N3S.C4F9/c1-4-10-16(11-5-1)19(17-12-6-2-7-13-17)18-14-8-3-9-15-18;5-2(6,7)1(3(8,9)10)4(11,12)13/h1-15H2;/q+1;-1. The van der Waals surface area contributed by atoms with Gasteiger partial charge in [-0.25, -0.2) is 39.5 Å². The summed E-state index contributed by atoms with van der Waals surface area (Å²) in [5, 5.41) is 0. The van der Waals surface area contributed by atoms with Crippen LogP contribution in [0, 0.1) is 5.92 Å². The van der Waals surface area contributed by atoms with E-state index in [0.717, 1.165) is 0 Å². The summed E-state index contributed by atoms with van der Waals surface area (Å²) in [6, 6.07) is 0. The Morgan fingerprint density at radius 1 is 0.406 bits per heavy atom. The molecule has 0 bridgehead atoms. The molecule has 0 aromatic heterocycles. The molecule has 190 valence electrons. The summed E-state index contributed by atoms with van der Waals surface area (Å²) in [4.78, 5) is 0. The molecule has 32 heavy (non-hydrogen) atoms. The van der Waals surface area contributed by atoms with Crippen LogP contribution >= 0.6 is 0 Å². The zero-order valence-electron chi connectivity index (χ0n) is 17.8. The lowest BCUT2D eigenvalue weighted by atomic mass is 10.1. The van der Waals surface area contributed by atoms with E-state index in [-0.39, 0.29) is 0 Å². The van der Waals surface area contributed by atoms with Crippen molar-refractivity contribution in [2.24, 2.45) is 0 Å². The van der Waals surface area contributed by atoms with Gasteiger partial charge in [0.1, 0.15) is 0 Å². The van der Waals surface area contributed by atoms with Crippen LogP contribution in [-0.4, -0.2) is 70.7 Å². The first-order valence-corrected chi connectivity index (χ1v) is 12.0. The highest BCUT2D eigenvalue weighted by atomic mass is 32.2. The van der Waals surface area contributed by atoms with Crippen molar-refractivity contribution in [3.05, 3.63) is 5.92 Å². The van der Waals surface area contributed by atoms with Crippen LogP contribution in [0.2, 0.25) is 0 Å². The first-order chi connectivity index (χ1) is 14.8. The van der Waals surface area contributed by atoms with Gasteiger partial charge in [-0.15, -0.1) is 0 Å². The Balaban J connectivity index is 0.000000247. The van der Waals surface area contributed by atoms with Gasteiger partial charge in [-0.3, -0.25) is 0 Å². The molecule has 3 nitrogen and oxygen atoms in total. The average Bonchev–Trinajstić information content (AvgIpc) is 2.68. The average molecular weight is 504 g/mol. The predicted molar refractivity (Wildman–Crippen MR) is 105 cm³/mol. The molecule has 3 heterocycles. The van der Waals surface area contributed by atoms with Crippen molar-refractivity contribution < 1.29 is 39.5 Å². The number of nitrogens with zero attached hydrogens (tertiary/aromatic N) is 3. The van der Waals surface area contributed by atoms with Crippen LogP contribution in [0.5, 0.6) is 0 Å². The van der Waals surface area contributed by atoms with Crippen molar-refractivity contribution in [3.63, 3.8) is 0 Å². The van der Waals surface area contributed by atoms with Gasteiger partial charge in [0.05, 0.1) is 0 Å². The lowest BCUT2D eigenvalue weighted by Crippen LogP contribution is -2.56. The van der Waals surface area contributed by atoms with E-state index in [0.29, 0.717) is 11.5 Å². The van der Waals surface area contributed by atoms with Crippen LogP contribution in [0.1, 0.15) is 57.8 Å². The second kappa shape index (κ2) is 11.8. The molecule has 0 radical (unpaired) electrons. The molecular weight excluding hydrogens is 473 g/mol. The molecule has 3 aliphatic rings. The van der Waals surface area contributed by atoms with Gasteiger partial charge in [0.2, 0.25) is 0 Å². The number of piperidine rings is 3. The fourth-order valence-electron chi connectivity index (χ4n) is 4.06. The van der Waals surface area contributed by atoms with Crippen LogP contribution in [0.15, 0.2) is 0 Å². The maximum absolute atomic E-state index is 11.2. The minimum atomic E-state index is -6.45. The summed E-state index contributed by atoms with van der Waals surface area (Å²) in [5.74, 6) is -4.35. The summed E-state index contributed by atoms with van der Waals surface area (Å²) in [5.41, 5.74) is 0. The van der Waals surface area contributed by atoms with Gasteiger partial charge < -0.3 is 0 Å². The molecule has 0 aliphatic carbocycles. The molecule has 3 rings (SSSR count). The van der Waals surface area contributed by atoms with Crippen molar-refractivity contribution in [2.45, 2.75) is 76.3 Å². The SMILES string of the molecule is C1CCN([S+](N2CCCCC2)N2CCCCC2)CC1.FC(F)(F)[C-](C(F)(F)F)C(F)(F)F. The first-order valence-electron chi connectivity index (χ1n) is 10.9. The largest absolute Gasteiger partial charge is 0.288 e. The smallest absolute Gasteiger partial charge is 0.206 e. The molecule has 0 aromatic carbocycles. The summed E-state index contributed by atoms with van der Waals surface area (Å²) in [6.07, 6.45) is -6.46. The van der Waals surface area contributed by atoms with Crippen molar-refractivity contribution in [1.29, 1.82) is 0 Å². The number of rotatable bonds is 3. The zero-order chi connectivity index (χ0) is 24.0. The summed E-state index contributed by atoms with van der Waals surface area (Å²) in [6.45, 7) is 8.06. The van der Waals surface area contributed by atoms with Gasteiger partial charge >= 0.3 is 0 Å². The number of hydrogen-bond acceptors (Lipinski definition) is 3. The van der Waals surface area contributed by atoms with E-state index in [9.17, 15) is 39.5 Å². The molecule has 3 fully saturated rings. The molecule has 0 aromatic rings. The third-order valence-electron chi connectivity index (χ3n) is 5.49. The molecule has 13 heteroatoms. The molecule has 0 N–H and O–H groups in total. The van der Waals surface area contributed by atoms with Crippen LogP contribution in [0.25, 0.3) is 0 Å². The van der Waals surface area contributed by atoms with E-state index in [1.807, 2.05) is 0 Å². The Hall–Kier alpha value is -0.400. The molecular formula is C19H30F9N3S. The summed E-state index contributed by atoms with van der Waals surface area (Å²) in [7, 11) is 0. The van der Waals surface area contributed by atoms with Crippen molar-refractivity contribution in [3.8, 4) is 0 Å². The minimum Gasteiger partial charge on any atom is -0.206 e. The molecule has 0 amide bonds. The maximum Gasteiger partial charge on any atom is 0.288 e. The second-order valence-electron chi connectivity index (χ2n) is 8.08. The second-order valence-corrected chi connectivity index (χ2v) is 10.1. The van der Waals surface area contributed by atoms with Crippen molar-refractivity contribution in [1.82, 2.24) is 12.9 Å². The van der Waals surface area contributed by atoms with E-state index < -0.39 is 24.4 Å². The number of alkyl halides is 9. The quantitative estimate of drug-likeness (QED) is 0.264. The Labute approximate surface area is 186 Å². The third kappa shape index (κ3) is 8.43. The zero-order valence-corrected chi connectivity index (χ0v) is 18.6. The number of halogens is 9. The van der Waals surface area contributed by atoms with E-state index in [2.05, 4.69) is 12.9 Å². The fraction of sp³-hybridized carbons (Fsp3) is 0.947. The summed E-state index contributed by atoms with van der Waals surface area (Å²) < 4.78 is 110. The Kier molecular flexibility index (Phi) is 10.3. The first kappa shape index (κ1) is 27.8. The topological polar surface area (TPSA) is 9.72 Å². The van der Waals surface area contributed by atoms with Crippen molar-refractivity contribution in [2.75, 3.05) is 39.3 Å². The van der Waals surface area contributed by atoms with E-state index in [1.54, 1.807) is 0 Å². The lowest BCUT2D eigenvalue weighted by molar-refractivity contribution is -0.277. The van der Waals surface area contributed by atoms with Crippen LogP contribution in [0.3, 0.4) is 0 Å². The van der Waals surface area contributed by atoms with Gasteiger partial charge in [0.15, 0.2) is 0 Å². The van der Waals surface area contributed by atoms with Gasteiger partial charge in [-0.2, -0.15) is 0 Å². The van der Waals surface area contributed by atoms with E-state index >= 15 is 0 Å². The summed E-state index contributed by atoms with van der Waals surface area (Å²) >= 11 is 0.316. The van der Waals surface area contributed by atoms with E-state index in [1.165, 1.54) is 97.1 Å². The lowest BCUT2D eigenvalue weighted by Gasteiger charge is -2.37. The van der Waals surface area contributed by atoms with Crippen LogP contribution < -0.4 is 0 Å². The van der Waals surface area contributed by atoms with Crippen molar-refractivity contribution >= 4 is 11.5 Å². The van der Waals surface area contributed by atoms with Gasteiger partial charge in [-0.05, 0) is 44.4 Å². The highest BCUT2D eigenvalue weighted by Gasteiger charge is 2.56. The molecule has 3 aliphatic heterocycles. The molecule has 0 spiro atoms. The van der Waals surface area contributed by atoms with E-state index in [4.69, 9.17) is 0 Å². The Morgan fingerprint density at radius 3 is 0.781 bits per heavy atom. The molecule has 0 atom stereocenters. The van der Waals surface area contributed by atoms with Crippen LogP contribution in [0.4, 0.5) is 39.5 Å². The predicted octanol–water partition coefficient (Wildman–Crippen LogP) is 6.06. The minimum absolute atomic E-state index is 0.316. The Bertz CT molecular complexity index is 460. The fourth-order valence-corrected chi connectivity index (χ4v) is 6.79. The van der Waals surface area contributed by atoms with Crippen LogP contribution in [-0.2, 0) is 11.5 Å². The maximum atomic E-state index is 11.2. The highest BCUT2D eigenvalue weighted by Crippen LogP contribution is 2.50. The monoisotopic (exact) mass is 503 g/mol. The normalized spacial score (nSPS) is 23.3. The third-order valence-corrected chi connectivity index (χ3v) is 7.97.